The minimum absolute atomic E-state index is 0.0923. The van der Waals surface area contributed by atoms with Crippen LogP contribution in [0.5, 0.6) is 0 Å². The number of nitrogens with one attached hydrogen (secondary N) is 1. The van der Waals surface area contributed by atoms with E-state index in [2.05, 4.69) is 28.2 Å². The third-order valence-corrected chi connectivity index (χ3v) is 4.91. The Hall–Kier alpha value is -0.410. The molecular weight excluding hydrogens is 317 g/mol. The van der Waals surface area contributed by atoms with Crippen LogP contribution in [0.2, 0.25) is 0 Å². The zero-order valence-corrected chi connectivity index (χ0v) is 13.9. The van der Waals surface area contributed by atoms with Crippen LogP contribution in [0, 0.1) is 11.7 Å². The van der Waals surface area contributed by atoms with Crippen molar-refractivity contribution in [1.82, 2.24) is 5.32 Å². The average Bonchev–Trinajstić information content (AvgIpc) is 2.73. The van der Waals surface area contributed by atoms with Crippen molar-refractivity contribution in [3.63, 3.8) is 0 Å². The Kier molecular flexibility index (Phi) is 6.50. The van der Waals surface area contributed by atoms with E-state index in [9.17, 15) is 4.39 Å². The molecule has 112 valence electrons. The first-order chi connectivity index (χ1) is 9.74. The predicted octanol–water partition coefficient (Wildman–Crippen LogP) is 5.60. The van der Waals surface area contributed by atoms with Crippen LogP contribution in [0.1, 0.15) is 63.5 Å². The maximum absolute atomic E-state index is 14.4. The summed E-state index contributed by atoms with van der Waals surface area (Å²) in [4.78, 5) is 0. The summed E-state index contributed by atoms with van der Waals surface area (Å²) in [6.45, 7) is 3.11. The Morgan fingerprint density at radius 2 is 1.95 bits per heavy atom. The van der Waals surface area contributed by atoms with Crippen LogP contribution < -0.4 is 5.32 Å². The summed E-state index contributed by atoms with van der Waals surface area (Å²) in [6.07, 6.45) is 8.74. The molecule has 1 nitrogen and oxygen atoms in total. The van der Waals surface area contributed by atoms with E-state index in [1.54, 1.807) is 6.07 Å². The van der Waals surface area contributed by atoms with Crippen molar-refractivity contribution in [2.24, 2.45) is 5.92 Å². The van der Waals surface area contributed by atoms with Crippen molar-refractivity contribution in [3.8, 4) is 0 Å². The second kappa shape index (κ2) is 8.14. The molecule has 1 aromatic carbocycles. The van der Waals surface area contributed by atoms with Gasteiger partial charge in [0.15, 0.2) is 0 Å². The largest absolute Gasteiger partial charge is 0.310 e. The predicted molar refractivity (Wildman–Crippen MR) is 86.3 cm³/mol. The lowest BCUT2D eigenvalue weighted by Crippen LogP contribution is -2.29. The van der Waals surface area contributed by atoms with Crippen LogP contribution in [0.25, 0.3) is 0 Å². The van der Waals surface area contributed by atoms with Crippen molar-refractivity contribution in [2.75, 3.05) is 6.54 Å². The highest BCUT2D eigenvalue weighted by Crippen LogP contribution is 2.36. The highest BCUT2D eigenvalue weighted by atomic mass is 79.9. The molecule has 0 saturated heterocycles. The minimum Gasteiger partial charge on any atom is -0.310 e. The lowest BCUT2D eigenvalue weighted by atomic mass is 9.87. The molecule has 0 aliphatic heterocycles. The number of halogens is 2. The van der Waals surface area contributed by atoms with Gasteiger partial charge in [-0.15, -0.1) is 0 Å². The fraction of sp³-hybridized carbons (Fsp3) is 0.647. The number of rotatable bonds is 5. The van der Waals surface area contributed by atoms with E-state index in [0.717, 1.165) is 18.5 Å². The molecule has 1 aliphatic carbocycles. The van der Waals surface area contributed by atoms with E-state index in [-0.39, 0.29) is 11.9 Å². The molecule has 0 bridgehead atoms. The SMILES string of the molecule is CCCNC(c1cccc(Br)c1F)C1CCCCCC1. The van der Waals surface area contributed by atoms with Crippen molar-refractivity contribution in [2.45, 2.75) is 57.9 Å². The summed E-state index contributed by atoms with van der Waals surface area (Å²) < 4.78 is 15.0. The molecule has 3 heteroatoms. The number of hydrogen-bond acceptors (Lipinski definition) is 1. The second-order valence-electron chi connectivity index (χ2n) is 5.83. The maximum Gasteiger partial charge on any atom is 0.142 e. The smallest absolute Gasteiger partial charge is 0.142 e. The van der Waals surface area contributed by atoms with E-state index < -0.39 is 0 Å². The van der Waals surface area contributed by atoms with Crippen LogP contribution >= 0.6 is 15.9 Å². The van der Waals surface area contributed by atoms with Gasteiger partial charge in [0.1, 0.15) is 5.82 Å². The quantitative estimate of drug-likeness (QED) is 0.687. The number of hydrogen-bond donors (Lipinski definition) is 1. The van der Waals surface area contributed by atoms with E-state index in [0.29, 0.717) is 10.4 Å². The first-order valence-electron chi connectivity index (χ1n) is 7.91. The third-order valence-electron chi connectivity index (χ3n) is 4.30. The molecule has 2 rings (SSSR count). The number of benzene rings is 1. The summed E-state index contributed by atoms with van der Waals surface area (Å²) >= 11 is 3.32. The van der Waals surface area contributed by atoms with Gasteiger partial charge in [-0.3, -0.25) is 0 Å². The normalized spacial score (nSPS) is 18.8. The topological polar surface area (TPSA) is 12.0 Å². The lowest BCUT2D eigenvalue weighted by molar-refractivity contribution is 0.318. The average molecular weight is 342 g/mol. The summed E-state index contributed by atoms with van der Waals surface area (Å²) in [5.41, 5.74) is 0.833. The van der Waals surface area contributed by atoms with Crippen LogP contribution in [0.15, 0.2) is 22.7 Å². The Labute approximate surface area is 130 Å². The van der Waals surface area contributed by atoms with Crippen molar-refractivity contribution >= 4 is 15.9 Å². The first-order valence-corrected chi connectivity index (χ1v) is 8.70. The van der Waals surface area contributed by atoms with Gasteiger partial charge in [-0.1, -0.05) is 44.7 Å². The molecule has 1 saturated carbocycles. The van der Waals surface area contributed by atoms with Crippen molar-refractivity contribution in [1.29, 1.82) is 0 Å². The molecule has 20 heavy (non-hydrogen) atoms. The lowest BCUT2D eigenvalue weighted by Gasteiger charge is -2.28. The Balaban J connectivity index is 2.23. The van der Waals surface area contributed by atoms with Gasteiger partial charge in [0.05, 0.1) is 4.47 Å². The molecule has 1 aliphatic rings. The van der Waals surface area contributed by atoms with Gasteiger partial charge in [-0.05, 0) is 53.7 Å². The van der Waals surface area contributed by atoms with Crippen LogP contribution in [0.3, 0.4) is 0 Å². The fourth-order valence-corrected chi connectivity index (χ4v) is 3.62. The van der Waals surface area contributed by atoms with Gasteiger partial charge < -0.3 is 5.32 Å². The molecule has 0 amide bonds. The molecule has 0 heterocycles. The van der Waals surface area contributed by atoms with Crippen LogP contribution in [0.4, 0.5) is 4.39 Å². The summed E-state index contributed by atoms with van der Waals surface area (Å²) in [7, 11) is 0. The van der Waals surface area contributed by atoms with E-state index in [1.165, 1.54) is 38.5 Å². The maximum atomic E-state index is 14.4. The van der Waals surface area contributed by atoms with Gasteiger partial charge in [0.2, 0.25) is 0 Å². The second-order valence-corrected chi connectivity index (χ2v) is 6.68. The molecule has 1 atom stereocenters. The molecule has 0 aromatic heterocycles. The standard InChI is InChI=1S/C17H25BrFN/c1-2-12-20-17(13-8-5-3-4-6-9-13)14-10-7-11-15(18)16(14)19/h7,10-11,13,17,20H,2-6,8-9,12H2,1H3. The zero-order chi connectivity index (χ0) is 14.4. The van der Waals surface area contributed by atoms with Crippen molar-refractivity contribution < 1.29 is 4.39 Å². The van der Waals surface area contributed by atoms with Gasteiger partial charge in [-0.25, -0.2) is 4.39 Å². The molecule has 0 radical (unpaired) electrons. The zero-order valence-electron chi connectivity index (χ0n) is 12.3. The molecule has 1 unspecified atom stereocenters. The molecular formula is C17H25BrFN. The van der Waals surface area contributed by atoms with Gasteiger partial charge in [0, 0.05) is 11.6 Å². The van der Waals surface area contributed by atoms with Crippen LogP contribution in [-0.4, -0.2) is 6.54 Å². The van der Waals surface area contributed by atoms with Gasteiger partial charge >= 0.3 is 0 Å². The third kappa shape index (κ3) is 4.05. The highest BCUT2D eigenvalue weighted by molar-refractivity contribution is 9.10. The van der Waals surface area contributed by atoms with Gasteiger partial charge in [0.25, 0.3) is 0 Å². The van der Waals surface area contributed by atoms with Gasteiger partial charge in [-0.2, -0.15) is 0 Å². The molecule has 1 aromatic rings. The van der Waals surface area contributed by atoms with Crippen LogP contribution in [-0.2, 0) is 0 Å². The highest BCUT2D eigenvalue weighted by Gasteiger charge is 2.26. The summed E-state index contributed by atoms with van der Waals surface area (Å²) in [6, 6.07) is 5.83. The fourth-order valence-electron chi connectivity index (χ4n) is 3.24. The van der Waals surface area contributed by atoms with E-state index >= 15 is 0 Å². The first kappa shape index (κ1) is 16.0. The Morgan fingerprint density at radius 1 is 1.25 bits per heavy atom. The monoisotopic (exact) mass is 341 g/mol. The Bertz CT molecular complexity index is 413. The Morgan fingerprint density at radius 3 is 2.60 bits per heavy atom. The van der Waals surface area contributed by atoms with Crippen molar-refractivity contribution in [3.05, 3.63) is 34.1 Å². The van der Waals surface area contributed by atoms with E-state index in [4.69, 9.17) is 0 Å². The molecule has 1 fully saturated rings. The van der Waals surface area contributed by atoms with E-state index in [1.807, 2.05) is 12.1 Å². The minimum atomic E-state index is -0.0923. The molecule has 1 N–H and O–H groups in total. The summed E-state index contributed by atoms with van der Waals surface area (Å²) in [5.74, 6) is 0.471. The molecule has 0 spiro atoms. The summed E-state index contributed by atoms with van der Waals surface area (Å²) in [5, 5.41) is 3.59.